The third-order valence-electron chi connectivity index (χ3n) is 4.28. The van der Waals surface area contributed by atoms with Crippen molar-refractivity contribution in [3.05, 3.63) is 28.8 Å². The second kappa shape index (κ2) is 5.72. The number of aliphatic hydroxyl groups is 1. The van der Waals surface area contributed by atoms with E-state index in [9.17, 15) is 5.11 Å². The number of benzene rings is 1. The number of rotatable bonds is 2. The average Bonchev–Trinajstić information content (AvgIpc) is 2.37. The monoisotopic (exact) mass is 281 g/mol. The second-order valence-electron chi connectivity index (χ2n) is 6.53. The largest absolute Gasteiger partial charge is 0.392 e. The quantitative estimate of drug-likeness (QED) is 0.882. The van der Waals surface area contributed by atoms with Crippen LogP contribution in [0.25, 0.3) is 0 Å². The minimum Gasteiger partial charge on any atom is -0.392 e. The van der Waals surface area contributed by atoms with E-state index < -0.39 is 0 Å². The Bertz CT molecular complexity index is 431. The van der Waals surface area contributed by atoms with Crippen LogP contribution in [0.3, 0.4) is 0 Å². The Morgan fingerprint density at radius 3 is 2.42 bits per heavy atom. The van der Waals surface area contributed by atoms with Crippen molar-refractivity contribution in [3.63, 3.8) is 0 Å². The third kappa shape index (κ3) is 3.24. The Hall–Kier alpha value is -0.730. The number of para-hydroxylation sites is 1. The van der Waals surface area contributed by atoms with Crippen LogP contribution in [0.4, 0.5) is 5.69 Å². The predicted octanol–water partition coefficient (Wildman–Crippen LogP) is 4.09. The summed E-state index contributed by atoms with van der Waals surface area (Å²) in [7, 11) is 0. The van der Waals surface area contributed by atoms with E-state index in [1.165, 1.54) is 12.8 Å². The molecule has 1 aromatic rings. The maximum atomic E-state index is 9.47. The molecule has 0 atom stereocenters. The normalized spacial score (nSPS) is 17.8. The van der Waals surface area contributed by atoms with Crippen molar-refractivity contribution in [2.75, 3.05) is 18.0 Å². The van der Waals surface area contributed by atoms with Gasteiger partial charge in [0.2, 0.25) is 0 Å². The van der Waals surface area contributed by atoms with Crippen LogP contribution in [0.1, 0.15) is 39.2 Å². The number of hydrogen-bond acceptors (Lipinski definition) is 2. The third-order valence-corrected chi connectivity index (χ3v) is 4.58. The van der Waals surface area contributed by atoms with Crippen LogP contribution >= 0.6 is 11.6 Å². The van der Waals surface area contributed by atoms with E-state index in [1.807, 2.05) is 18.2 Å². The molecule has 1 saturated heterocycles. The fourth-order valence-corrected chi connectivity index (χ4v) is 3.32. The van der Waals surface area contributed by atoms with Crippen LogP contribution in [0.5, 0.6) is 0 Å². The van der Waals surface area contributed by atoms with Crippen molar-refractivity contribution in [2.45, 2.75) is 40.2 Å². The van der Waals surface area contributed by atoms with Crippen molar-refractivity contribution in [1.82, 2.24) is 0 Å². The zero-order valence-corrected chi connectivity index (χ0v) is 12.9. The average molecular weight is 282 g/mol. The maximum absolute atomic E-state index is 9.47. The lowest BCUT2D eigenvalue weighted by Gasteiger charge is -2.40. The molecular weight excluding hydrogens is 258 g/mol. The van der Waals surface area contributed by atoms with Gasteiger partial charge in [-0.05, 0) is 30.2 Å². The number of piperidine rings is 1. The highest BCUT2D eigenvalue weighted by molar-refractivity contribution is 6.33. The number of aliphatic hydroxyl groups excluding tert-OH is 1. The minimum atomic E-state index is 0.0507. The number of hydrogen-bond donors (Lipinski definition) is 1. The van der Waals surface area contributed by atoms with E-state index in [0.29, 0.717) is 5.41 Å². The lowest BCUT2D eigenvalue weighted by Crippen LogP contribution is -2.38. The zero-order chi connectivity index (χ0) is 14.0. The molecule has 0 radical (unpaired) electrons. The lowest BCUT2D eigenvalue weighted by atomic mass is 9.75. The standard InChI is InChI=1S/C16H24ClNO/c1-16(2,3)13-7-9-18(10-8-13)15-12(11-19)5-4-6-14(15)17/h4-6,13,19H,7-11H2,1-3H3. The molecule has 2 rings (SSSR count). The molecule has 1 aliphatic heterocycles. The first-order valence-electron chi connectivity index (χ1n) is 7.06. The van der Waals surface area contributed by atoms with Gasteiger partial charge in [0.15, 0.2) is 0 Å². The molecule has 1 fully saturated rings. The molecule has 0 unspecified atom stereocenters. The summed E-state index contributed by atoms with van der Waals surface area (Å²) in [5.74, 6) is 0.767. The Morgan fingerprint density at radius 2 is 1.89 bits per heavy atom. The number of anilines is 1. The summed E-state index contributed by atoms with van der Waals surface area (Å²) in [6.45, 7) is 9.07. The van der Waals surface area contributed by atoms with Crippen molar-refractivity contribution < 1.29 is 5.11 Å². The molecule has 2 nitrogen and oxygen atoms in total. The van der Waals surface area contributed by atoms with Crippen molar-refractivity contribution >= 4 is 17.3 Å². The maximum Gasteiger partial charge on any atom is 0.0702 e. The van der Waals surface area contributed by atoms with Gasteiger partial charge in [0.25, 0.3) is 0 Å². The van der Waals surface area contributed by atoms with Crippen LogP contribution in [0.15, 0.2) is 18.2 Å². The number of halogens is 1. The fourth-order valence-electron chi connectivity index (χ4n) is 3.01. The molecule has 0 amide bonds. The van der Waals surface area contributed by atoms with Gasteiger partial charge < -0.3 is 10.0 Å². The first kappa shape index (κ1) is 14.7. The van der Waals surface area contributed by atoms with E-state index in [2.05, 4.69) is 25.7 Å². The van der Waals surface area contributed by atoms with Gasteiger partial charge in [-0.1, -0.05) is 44.5 Å². The Balaban J connectivity index is 2.14. The van der Waals surface area contributed by atoms with E-state index in [0.717, 1.165) is 35.3 Å². The molecule has 3 heteroatoms. The Labute approximate surface area is 121 Å². The van der Waals surface area contributed by atoms with Crippen molar-refractivity contribution in [3.8, 4) is 0 Å². The topological polar surface area (TPSA) is 23.5 Å². The van der Waals surface area contributed by atoms with Gasteiger partial charge in [-0.2, -0.15) is 0 Å². The SMILES string of the molecule is CC(C)(C)C1CCN(c2c(Cl)cccc2CO)CC1. The molecule has 1 aromatic carbocycles. The van der Waals surface area contributed by atoms with E-state index in [4.69, 9.17) is 11.6 Å². The molecule has 1 N–H and O–H groups in total. The van der Waals surface area contributed by atoms with E-state index in [1.54, 1.807) is 0 Å². The van der Waals surface area contributed by atoms with Crippen LogP contribution in [0.2, 0.25) is 5.02 Å². The highest BCUT2D eigenvalue weighted by Gasteiger charge is 2.29. The molecule has 1 aliphatic rings. The van der Waals surface area contributed by atoms with Gasteiger partial charge in [-0.25, -0.2) is 0 Å². The van der Waals surface area contributed by atoms with E-state index in [-0.39, 0.29) is 6.61 Å². The highest BCUT2D eigenvalue weighted by atomic mass is 35.5. The first-order valence-corrected chi connectivity index (χ1v) is 7.44. The molecule has 0 aliphatic carbocycles. The van der Waals surface area contributed by atoms with Gasteiger partial charge >= 0.3 is 0 Å². The van der Waals surface area contributed by atoms with Crippen molar-refractivity contribution in [1.29, 1.82) is 0 Å². The molecular formula is C16H24ClNO. The molecule has 0 aromatic heterocycles. The lowest BCUT2D eigenvalue weighted by molar-refractivity contribution is 0.198. The summed E-state index contributed by atoms with van der Waals surface area (Å²) < 4.78 is 0. The van der Waals surface area contributed by atoms with Crippen LogP contribution < -0.4 is 4.90 Å². The second-order valence-corrected chi connectivity index (χ2v) is 6.94. The van der Waals surface area contributed by atoms with Gasteiger partial charge in [0, 0.05) is 18.7 Å². The summed E-state index contributed by atoms with van der Waals surface area (Å²) in [5, 5.41) is 10.2. The molecule has 106 valence electrons. The Kier molecular flexibility index (Phi) is 4.42. The van der Waals surface area contributed by atoms with Crippen LogP contribution in [-0.2, 0) is 6.61 Å². The fraction of sp³-hybridized carbons (Fsp3) is 0.625. The summed E-state index contributed by atoms with van der Waals surface area (Å²) in [5.41, 5.74) is 2.34. The highest BCUT2D eigenvalue weighted by Crippen LogP contribution is 2.38. The predicted molar refractivity (Wildman–Crippen MR) is 81.8 cm³/mol. The van der Waals surface area contributed by atoms with Gasteiger partial charge in [0.05, 0.1) is 17.3 Å². The number of nitrogens with zero attached hydrogens (tertiary/aromatic N) is 1. The van der Waals surface area contributed by atoms with Gasteiger partial charge in [0.1, 0.15) is 0 Å². The smallest absolute Gasteiger partial charge is 0.0702 e. The van der Waals surface area contributed by atoms with Crippen LogP contribution in [0, 0.1) is 11.3 Å². The Morgan fingerprint density at radius 1 is 1.26 bits per heavy atom. The zero-order valence-electron chi connectivity index (χ0n) is 12.1. The van der Waals surface area contributed by atoms with E-state index >= 15 is 0 Å². The molecule has 0 spiro atoms. The first-order chi connectivity index (χ1) is 8.93. The molecule has 19 heavy (non-hydrogen) atoms. The van der Waals surface area contributed by atoms with Gasteiger partial charge in [-0.15, -0.1) is 0 Å². The van der Waals surface area contributed by atoms with Crippen molar-refractivity contribution in [2.24, 2.45) is 11.3 Å². The molecule has 1 heterocycles. The van der Waals surface area contributed by atoms with Crippen LogP contribution in [-0.4, -0.2) is 18.2 Å². The summed E-state index contributed by atoms with van der Waals surface area (Å²) >= 11 is 6.32. The molecule has 0 saturated carbocycles. The molecule has 0 bridgehead atoms. The summed E-state index contributed by atoms with van der Waals surface area (Å²) in [4.78, 5) is 2.33. The summed E-state index contributed by atoms with van der Waals surface area (Å²) in [6.07, 6.45) is 2.39. The van der Waals surface area contributed by atoms with Gasteiger partial charge in [-0.3, -0.25) is 0 Å². The minimum absolute atomic E-state index is 0.0507. The summed E-state index contributed by atoms with van der Waals surface area (Å²) in [6, 6.07) is 5.77.